The molecule has 1 heterocycles. The van der Waals surface area contributed by atoms with Crippen molar-refractivity contribution < 1.29 is 9.18 Å². The molecule has 1 amide bonds. The SMILES string of the molecule is CC(Sc1ncc(-c2ccc(F)cc2)[nH]1)C(=O)Nc1ccc(C#N)c(Cl)c1. The summed E-state index contributed by atoms with van der Waals surface area (Å²) in [5.41, 5.74) is 2.41. The first-order chi connectivity index (χ1) is 13.0. The van der Waals surface area contributed by atoms with Crippen molar-refractivity contribution in [2.45, 2.75) is 17.3 Å². The van der Waals surface area contributed by atoms with Crippen molar-refractivity contribution >= 4 is 35.0 Å². The summed E-state index contributed by atoms with van der Waals surface area (Å²) >= 11 is 7.24. The van der Waals surface area contributed by atoms with Gasteiger partial charge in [-0.05, 0) is 55.0 Å². The number of nitrogens with zero attached hydrogens (tertiary/aromatic N) is 2. The molecule has 3 rings (SSSR count). The maximum Gasteiger partial charge on any atom is 0.237 e. The first kappa shape index (κ1) is 19.0. The Balaban J connectivity index is 1.64. The van der Waals surface area contributed by atoms with Crippen LogP contribution in [0.5, 0.6) is 0 Å². The van der Waals surface area contributed by atoms with Gasteiger partial charge in [-0.15, -0.1) is 0 Å². The van der Waals surface area contributed by atoms with E-state index in [1.807, 2.05) is 6.07 Å². The standard InChI is InChI=1S/C19H14ClFN4OS/c1-11(18(26)24-15-7-4-13(9-22)16(20)8-15)27-19-23-10-17(25-19)12-2-5-14(21)6-3-12/h2-8,10-11H,1H3,(H,23,25)(H,24,26). The van der Waals surface area contributed by atoms with Crippen molar-refractivity contribution in [1.29, 1.82) is 5.26 Å². The van der Waals surface area contributed by atoms with Crippen molar-refractivity contribution in [1.82, 2.24) is 9.97 Å². The number of halogens is 2. The number of aromatic amines is 1. The van der Waals surface area contributed by atoms with Crippen LogP contribution in [0.2, 0.25) is 5.02 Å². The van der Waals surface area contributed by atoms with Crippen molar-refractivity contribution in [3.8, 4) is 17.3 Å². The Morgan fingerprint density at radius 2 is 2.07 bits per heavy atom. The predicted octanol–water partition coefficient (Wildman–Crippen LogP) is 4.86. The van der Waals surface area contributed by atoms with Crippen molar-refractivity contribution in [2.75, 3.05) is 5.32 Å². The second-order valence-corrected chi connectivity index (χ2v) is 7.40. The number of anilines is 1. The Labute approximate surface area is 164 Å². The quantitative estimate of drug-likeness (QED) is 0.599. The van der Waals surface area contributed by atoms with Gasteiger partial charge in [-0.2, -0.15) is 5.26 Å². The second kappa shape index (κ2) is 8.25. The van der Waals surface area contributed by atoms with Gasteiger partial charge in [-0.3, -0.25) is 4.79 Å². The van der Waals surface area contributed by atoms with Crippen molar-refractivity contribution in [3.63, 3.8) is 0 Å². The fraction of sp³-hybridized carbons (Fsp3) is 0.105. The number of imidazole rings is 1. The van der Waals surface area contributed by atoms with Gasteiger partial charge < -0.3 is 10.3 Å². The fourth-order valence-electron chi connectivity index (χ4n) is 2.29. The van der Waals surface area contributed by atoms with E-state index < -0.39 is 5.25 Å². The van der Waals surface area contributed by atoms with Gasteiger partial charge in [0.2, 0.25) is 5.91 Å². The first-order valence-corrected chi connectivity index (χ1v) is 9.20. The number of benzene rings is 2. The first-order valence-electron chi connectivity index (χ1n) is 7.94. The lowest BCUT2D eigenvalue weighted by Crippen LogP contribution is -2.22. The van der Waals surface area contributed by atoms with E-state index in [4.69, 9.17) is 16.9 Å². The molecule has 0 spiro atoms. The van der Waals surface area contributed by atoms with Gasteiger partial charge in [0.25, 0.3) is 0 Å². The van der Waals surface area contributed by atoms with Crippen LogP contribution >= 0.6 is 23.4 Å². The number of hydrogen-bond donors (Lipinski definition) is 2. The van der Waals surface area contributed by atoms with E-state index >= 15 is 0 Å². The zero-order valence-electron chi connectivity index (χ0n) is 14.2. The Morgan fingerprint density at radius 3 is 2.74 bits per heavy atom. The normalized spacial score (nSPS) is 11.6. The summed E-state index contributed by atoms with van der Waals surface area (Å²) < 4.78 is 13.0. The molecule has 0 bridgehead atoms. The van der Waals surface area contributed by atoms with E-state index in [2.05, 4.69) is 15.3 Å². The lowest BCUT2D eigenvalue weighted by molar-refractivity contribution is -0.115. The lowest BCUT2D eigenvalue weighted by atomic mass is 10.2. The van der Waals surface area contributed by atoms with Crippen molar-refractivity contribution in [3.05, 3.63) is 65.1 Å². The molecule has 0 saturated heterocycles. The number of carbonyl (C=O) groups is 1. The molecule has 2 N–H and O–H groups in total. The number of thioether (sulfide) groups is 1. The highest BCUT2D eigenvalue weighted by Gasteiger charge is 2.17. The van der Waals surface area contributed by atoms with Crippen LogP contribution in [0.25, 0.3) is 11.3 Å². The largest absolute Gasteiger partial charge is 0.333 e. The third-order valence-electron chi connectivity index (χ3n) is 3.72. The summed E-state index contributed by atoms with van der Waals surface area (Å²) in [7, 11) is 0. The van der Waals surface area contributed by atoms with E-state index in [1.165, 1.54) is 30.0 Å². The van der Waals surface area contributed by atoms with E-state index in [0.29, 0.717) is 16.4 Å². The third-order valence-corrected chi connectivity index (χ3v) is 5.03. The number of rotatable bonds is 5. The Bertz CT molecular complexity index is 1010. The third kappa shape index (κ3) is 4.67. The van der Waals surface area contributed by atoms with Crippen LogP contribution in [-0.4, -0.2) is 21.1 Å². The van der Waals surface area contributed by atoms with Gasteiger partial charge in [0.05, 0.1) is 27.7 Å². The van der Waals surface area contributed by atoms with Gasteiger partial charge in [0, 0.05) is 5.69 Å². The molecule has 136 valence electrons. The summed E-state index contributed by atoms with van der Waals surface area (Å²) in [6.45, 7) is 1.76. The monoisotopic (exact) mass is 400 g/mol. The number of amides is 1. The highest BCUT2D eigenvalue weighted by molar-refractivity contribution is 8.00. The molecule has 0 saturated carbocycles. The Morgan fingerprint density at radius 1 is 1.33 bits per heavy atom. The molecule has 27 heavy (non-hydrogen) atoms. The average Bonchev–Trinajstić information content (AvgIpc) is 3.11. The molecule has 1 atom stereocenters. The second-order valence-electron chi connectivity index (χ2n) is 5.66. The van der Waals surface area contributed by atoms with E-state index in [-0.39, 0.29) is 16.7 Å². The minimum absolute atomic E-state index is 0.222. The van der Waals surface area contributed by atoms with Crippen molar-refractivity contribution in [2.24, 2.45) is 0 Å². The van der Waals surface area contributed by atoms with Crippen LogP contribution in [0.15, 0.2) is 53.8 Å². The maximum absolute atomic E-state index is 13.0. The lowest BCUT2D eigenvalue weighted by Gasteiger charge is -2.11. The summed E-state index contributed by atoms with van der Waals surface area (Å²) in [4.78, 5) is 19.7. The maximum atomic E-state index is 13.0. The zero-order chi connectivity index (χ0) is 19.4. The molecule has 0 radical (unpaired) electrons. The number of hydrogen-bond acceptors (Lipinski definition) is 4. The number of aromatic nitrogens is 2. The van der Waals surface area contributed by atoms with Gasteiger partial charge in [-0.25, -0.2) is 9.37 Å². The van der Waals surface area contributed by atoms with Gasteiger partial charge >= 0.3 is 0 Å². The average molecular weight is 401 g/mol. The number of nitriles is 1. The summed E-state index contributed by atoms with van der Waals surface area (Å²) in [6, 6.07) is 12.7. The molecule has 0 fully saturated rings. The highest BCUT2D eigenvalue weighted by atomic mass is 35.5. The Hall–Kier alpha value is -2.82. The van der Waals surface area contributed by atoms with Gasteiger partial charge in [0.1, 0.15) is 11.9 Å². The van der Waals surface area contributed by atoms with Crippen LogP contribution in [-0.2, 0) is 4.79 Å². The topological polar surface area (TPSA) is 81.6 Å². The summed E-state index contributed by atoms with van der Waals surface area (Å²) in [5.74, 6) is -0.526. The minimum Gasteiger partial charge on any atom is -0.333 e. The zero-order valence-corrected chi connectivity index (χ0v) is 15.7. The van der Waals surface area contributed by atoms with Crippen LogP contribution in [0.1, 0.15) is 12.5 Å². The van der Waals surface area contributed by atoms with E-state index in [1.54, 1.807) is 37.4 Å². The predicted molar refractivity (Wildman–Crippen MR) is 104 cm³/mol. The van der Waals surface area contributed by atoms with Crippen LogP contribution < -0.4 is 5.32 Å². The van der Waals surface area contributed by atoms with Crippen LogP contribution in [0, 0.1) is 17.1 Å². The van der Waals surface area contributed by atoms with Crippen LogP contribution in [0.3, 0.4) is 0 Å². The Kier molecular flexibility index (Phi) is 5.79. The highest BCUT2D eigenvalue weighted by Crippen LogP contribution is 2.26. The van der Waals surface area contributed by atoms with E-state index in [0.717, 1.165) is 11.3 Å². The number of carbonyl (C=O) groups excluding carboxylic acids is 1. The smallest absolute Gasteiger partial charge is 0.237 e. The molecular formula is C19H14ClFN4OS. The van der Waals surface area contributed by atoms with E-state index in [9.17, 15) is 9.18 Å². The van der Waals surface area contributed by atoms with Gasteiger partial charge in [-0.1, -0.05) is 23.4 Å². The molecule has 2 aromatic carbocycles. The molecule has 1 aromatic heterocycles. The molecule has 0 aliphatic heterocycles. The molecule has 0 aliphatic rings. The molecule has 8 heteroatoms. The van der Waals surface area contributed by atoms with Gasteiger partial charge in [0.15, 0.2) is 5.16 Å². The summed E-state index contributed by atoms with van der Waals surface area (Å²) in [6.07, 6.45) is 1.64. The minimum atomic E-state index is -0.424. The summed E-state index contributed by atoms with van der Waals surface area (Å²) in [5, 5.41) is 12.1. The molecule has 5 nitrogen and oxygen atoms in total. The number of nitrogens with one attached hydrogen (secondary N) is 2. The molecular weight excluding hydrogens is 387 g/mol. The molecule has 0 aliphatic carbocycles. The van der Waals surface area contributed by atoms with Crippen LogP contribution in [0.4, 0.5) is 10.1 Å². The fourth-order valence-corrected chi connectivity index (χ4v) is 3.29. The number of H-pyrrole nitrogens is 1. The molecule has 3 aromatic rings. The molecule has 1 unspecified atom stereocenters.